The van der Waals surface area contributed by atoms with Crippen molar-refractivity contribution in [2.75, 3.05) is 13.2 Å². The molecule has 0 aliphatic carbocycles. The van der Waals surface area contributed by atoms with Crippen LogP contribution in [0, 0.1) is 0 Å². The van der Waals surface area contributed by atoms with Gasteiger partial charge in [0.05, 0.1) is 12.6 Å². The largest absolute Gasteiger partial charge is 0.373 e. The summed E-state index contributed by atoms with van der Waals surface area (Å²) >= 11 is 0. The third kappa shape index (κ3) is 4.27. The van der Waals surface area contributed by atoms with Crippen LogP contribution in [0.5, 0.6) is 0 Å². The van der Waals surface area contributed by atoms with Crippen molar-refractivity contribution in [2.45, 2.75) is 18.4 Å². The Morgan fingerprint density at radius 2 is 2.12 bits per heavy atom. The number of pyridine rings is 1. The second-order valence-corrected chi connectivity index (χ2v) is 3.47. The molecule has 1 rings (SSSR count). The number of rotatable bonds is 6. The van der Waals surface area contributed by atoms with Crippen LogP contribution in [-0.2, 0) is 4.74 Å². The Morgan fingerprint density at radius 1 is 1.41 bits per heavy atom. The molecule has 1 atom stereocenters. The van der Waals surface area contributed by atoms with Crippen molar-refractivity contribution in [3.8, 4) is 0 Å². The Labute approximate surface area is 95.6 Å². The number of nitrogens with two attached hydrogens (primary N) is 1. The highest BCUT2D eigenvalue weighted by Crippen LogP contribution is 2.23. The summed E-state index contributed by atoms with van der Waals surface area (Å²) in [4.78, 5) is 3.79. The molecule has 96 valence electrons. The fourth-order valence-corrected chi connectivity index (χ4v) is 1.08. The second-order valence-electron chi connectivity index (χ2n) is 3.47. The first-order valence-electron chi connectivity index (χ1n) is 4.82. The van der Waals surface area contributed by atoms with Crippen molar-refractivity contribution >= 4 is 0 Å². The van der Waals surface area contributed by atoms with E-state index in [0.717, 1.165) is 0 Å². The molecule has 1 heterocycles. The zero-order chi connectivity index (χ0) is 12.9. The summed E-state index contributed by atoms with van der Waals surface area (Å²) in [6.45, 7) is -1.62. The lowest BCUT2D eigenvalue weighted by molar-refractivity contribution is -0.166. The smallest absolute Gasteiger partial charge is 0.330 e. The highest BCUT2D eigenvalue weighted by molar-refractivity contribution is 5.12. The SMILES string of the molecule is NC(COCC(F)(F)C(F)F)c1cccnc1. The Balaban J connectivity index is 2.37. The van der Waals surface area contributed by atoms with E-state index in [-0.39, 0.29) is 6.61 Å². The maximum atomic E-state index is 12.5. The molecule has 0 amide bonds. The first-order valence-corrected chi connectivity index (χ1v) is 4.82. The lowest BCUT2D eigenvalue weighted by atomic mass is 10.1. The maximum Gasteiger partial charge on any atom is 0.330 e. The van der Waals surface area contributed by atoms with Gasteiger partial charge in [-0.25, -0.2) is 8.78 Å². The third-order valence-corrected chi connectivity index (χ3v) is 2.02. The highest BCUT2D eigenvalue weighted by Gasteiger charge is 2.41. The van der Waals surface area contributed by atoms with Crippen molar-refractivity contribution in [3.05, 3.63) is 30.1 Å². The quantitative estimate of drug-likeness (QED) is 0.788. The lowest BCUT2D eigenvalue weighted by Gasteiger charge is -2.17. The van der Waals surface area contributed by atoms with Crippen molar-refractivity contribution in [1.29, 1.82) is 0 Å². The van der Waals surface area contributed by atoms with Crippen molar-refractivity contribution in [3.63, 3.8) is 0 Å². The van der Waals surface area contributed by atoms with Crippen LogP contribution >= 0.6 is 0 Å². The second kappa shape index (κ2) is 5.92. The Morgan fingerprint density at radius 3 is 2.65 bits per heavy atom. The molecule has 1 aromatic rings. The van der Waals surface area contributed by atoms with Crippen molar-refractivity contribution in [1.82, 2.24) is 4.98 Å². The Hall–Kier alpha value is -1.21. The molecule has 0 aromatic carbocycles. The van der Waals surface area contributed by atoms with Gasteiger partial charge in [-0.1, -0.05) is 6.07 Å². The van der Waals surface area contributed by atoms with Crippen LogP contribution in [0.25, 0.3) is 0 Å². The van der Waals surface area contributed by atoms with E-state index >= 15 is 0 Å². The van der Waals surface area contributed by atoms with Crippen LogP contribution in [-0.4, -0.2) is 30.5 Å². The summed E-state index contributed by atoms with van der Waals surface area (Å²) in [7, 11) is 0. The zero-order valence-electron chi connectivity index (χ0n) is 8.82. The number of halogens is 4. The van der Waals surface area contributed by atoms with Crippen molar-refractivity contribution < 1.29 is 22.3 Å². The third-order valence-electron chi connectivity index (χ3n) is 2.02. The molecular formula is C10H12F4N2O. The van der Waals surface area contributed by atoms with Gasteiger partial charge in [-0.15, -0.1) is 0 Å². The van der Waals surface area contributed by atoms with Gasteiger partial charge < -0.3 is 10.5 Å². The monoisotopic (exact) mass is 252 g/mol. The van der Waals surface area contributed by atoms with Crippen LogP contribution in [0.2, 0.25) is 0 Å². The summed E-state index contributed by atoms with van der Waals surface area (Å²) in [5, 5.41) is 0. The number of ether oxygens (including phenoxy) is 1. The van der Waals surface area contributed by atoms with Crippen LogP contribution in [0.15, 0.2) is 24.5 Å². The van der Waals surface area contributed by atoms with Gasteiger partial charge in [-0.3, -0.25) is 4.98 Å². The van der Waals surface area contributed by atoms with E-state index in [1.54, 1.807) is 12.1 Å². The van der Waals surface area contributed by atoms with E-state index in [4.69, 9.17) is 5.73 Å². The van der Waals surface area contributed by atoms with Gasteiger partial charge in [0.15, 0.2) is 0 Å². The molecule has 0 fully saturated rings. The summed E-state index contributed by atoms with van der Waals surface area (Å²) in [5.41, 5.74) is 6.19. The van der Waals surface area contributed by atoms with E-state index in [2.05, 4.69) is 9.72 Å². The summed E-state index contributed by atoms with van der Waals surface area (Å²) in [5.74, 6) is -4.14. The zero-order valence-corrected chi connectivity index (χ0v) is 8.82. The predicted molar refractivity (Wildman–Crippen MR) is 52.9 cm³/mol. The fourth-order valence-electron chi connectivity index (χ4n) is 1.08. The molecule has 0 spiro atoms. The van der Waals surface area contributed by atoms with Gasteiger partial charge in [0.25, 0.3) is 0 Å². The maximum absolute atomic E-state index is 12.5. The van der Waals surface area contributed by atoms with Crippen molar-refractivity contribution in [2.24, 2.45) is 5.73 Å². The molecule has 0 saturated heterocycles. The number of hydrogen-bond acceptors (Lipinski definition) is 3. The standard InChI is InChI=1S/C10H12F4N2O/c11-9(12)10(13,14)6-17-5-8(15)7-2-1-3-16-4-7/h1-4,8-9H,5-6,15H2. The molecule has 1 unspecified atom stereocenters. The van der Waals surface area contributed by atoms with E-state index in [1.807, 2.05) is 0 Å². The lowest BCUT2D eigenvalue weighted by Crippen LogP contribution is -2.33. The van der Waals surface area contributed by atoms with Gasteiger partial charge in [0, 0.05) is 12.4 Å². The normalized spacial score (nSPS) is 14.0. The number of nitrogens with zero attached hydrogens (tertiary/aromatic N) is 1. The molecule has 0 aliphatic heterocycles. The van der Waals surface area contributed by atoms with Crippen LogP contribution in [0.3, 0.4) is 0 Å². The molecule has 0 bridgehead atoms. The molecule has 0 saturated carbocycles. The molecule has 17 heavy (non-hydrogen) atoms. The first-order chi connectivity index (χ1) is 7.93. The number of hydrogen-bond donors (Lipinski definition) is 1. The average Bonchev–Trinajstić information content (AvgIpc) is 2.29. The minimum atomic E-state index is -4.14. The Bertz CT molecular complexity index is 334. The summed E-state index contributed by atoms with van der Waals surface area (Å²) in [6, 6.07) is 2.60. The van der Waals surface area contributed by atoms with E-state index in [9.17, 15) is 17.6 Å². The van der Waals surface area contributed by atoms with Crippen LogP contribution in [0.4, 0.5) is 17.6 Å². The highest BCUT2D eigenvalue weighted by atomic mass is 19.3. The van der Waals surface area contributed by atoms with Gasteiger partial charge in [0.2, 0.25) is 0 Å². The van der Waals surface area contributed by atoms with E-state index in [1.165, 1.54) is 12.4 Å². The number of alkyl halides is 4. The van der Waals surface area contributed by atoms with Gasteiger partial charge in [-0.2, -0.15) is 8.78 Å². The minimum Gasteiger partial charge on any atom is -0.373 e. The summed E-state index contributed by atoms with van der Waals surface area (Å²) in [6.07, 6.45) is -0.751. The fraction of sp³-hybridized carbons (Fsp3) is 0.500. The molecule has 0 aliphatic rings. The predicted octanol–water partition coefficient (Wildman–Crippen LogP) is 2.00. The average molecular weight is 252 g/mol. The molecule has 2 N–H and O–H groups in total. The van der Waals surface area contributed by atoms with Crippen LogP contribution in [0.1, 0.15) is 11.6 Å². The summed E-state index contributed by atoms with van der Waals surface area (Å²) < 4.78 is 53.0. The molecule has 3 nitrogen and oxygen atoms in total. The van der Waals surface area contributed by atoms with E-state index < -0.39 is 25.0 Å². The molecule has 1 aromatic heterocycles. The van der Waals surface area contributed by atoms with Gasteiger partial charge in [0.1, 0.15) is 6.61 Å². The topological polar surface area (TPSA) is 48.1 Å². The van der Waals surface area contributed by atoms with Gasteiger partial charge in [-0.05, 0) is 11.6 Å². The van der Waals surface area contributed by atoms with E-state index in [0.29, 0.717) is 5.56 Å². The molecule has 0 radical (unpaired) electrons. The minimum absolute atomic E-state index is 0.270. The van der Waals surface area contributed by atoms with Gasteiger partial charge >= 0.3 is 12.3 Å². The Kier molecular flexibility index (Phi) is 4.83. The number of aromatic nitrogens is 1. The molecular weight excluding hydrogens is 240 g/mol. The molecule has 7 heteroatoms. The first kappa shape index (κ1) is 13.9. The van der Waals surface area contributed by atoms with Crippen LogP contribution < -0.4 is 5.73 Å².